The summed E-state index contributed by atoms with van der Waals surface area (Å²) in [5.41, 5.74) is 1.43. The second-order valence-corrected chi connectivity index (χ2v) is 6.22. The zero-order chi connectivity index (χ0) is 17.8. The van der Waals surface area contributed by atoms with E-state index >= 15 is 0 Å². The largest absolute Gasteiger partial charge is 0.487 e. The van der Waals surface area contributed by atoms with Crippen LogP contribution in [0.3, 0.4) is 0 Å². The number of hydrogen-bond acceptors (Lipinski definition) is 5. The van der Waals surface area contributed by atoms with E-state index in [1.165, 1.54) is 0 Å². The van der Waals surface area contributed by atoms with Crippen LogP contribution in [0.5, 0.6) is 5.75 Å². The highest BCUT2D eigenvalue weighted by Gasteiger charge is 2.28. The van der Waals surface area contributed by atoms with Gasteiger partial charge in [-0.3, -0.25) is 9.78 Å². The van der Waals surface area contributed by atoms with Crippen LogP contribution >= 0.6 is 0 Å². The number of carbonyl (C=O) groups is 1. The Bertz CT molecular complexity index is 866. The van der Waals surface area contributed by atoms with Crippen molar-refractivity contribution in [2.45, 2.75) is 19.1 Å². The van der Waals surface area contributed by atoms with E-state index in [0.717, 1.165) is 17.9 Å². The normalized spacial score (nSPS) is 16.6. The molecule has 2 aromatic heterocycles. The molecule has 3 heterocycles. The number of benzene rings is 1. The van der Waals surface area contributed by atoms with E-state index in [9.17, 15) is 4.79 Å². The van der Waals surface area contributed by atoms with Gasteiger partial charge < -0.3 is 9.64 Å². The zero-order valence-corrected chi connectivity index (χ0v) is 14.2. The van der Waals surface area contributed by atoms with Crippen LogP contribution in [0.2, 0.25) is 0 Å². The Balaban J connectivity index is 1.36. The highest BCUT2D eigenvalue weighted by Crippen LogP contribution is 2.22. The lowest BCUT2D eigenvalue weighted by atomic mass is 10.2. The van der Waals surface area contributed by atoms with Gasteiger partial charge in [-0.2, -0.15) is 0 Å². The van der Waals surface area contributed by atoms with Crippen molar-refractivity contribution >= 4 is 5.91 Å². The van der Waals surface area contributed by atoms with Crippen LogP contribution in [0.1, 0.15) is 28.5 Å². The van der Waals surface area contributed by atoms with Gasteiger partial charge in [0, 0.05) is 31.0 Å². The minimum absolute atomic E-state index is 0.0302. The van der Waals surface area contributed by atoms with Crippen LogP contribution in [0.15, 0.2) is 61.1 Å². The Kier molecular flexibility index (Phi) is 4.59. The number of nitrogens with zero attached hydrogens (tertiary/aromatic N) is 5. The molecular formula is C19H19N5O2. The van der Waals surface area contributed by atoms with Crippen molar-refractivity contribution in [3.63, 3.8) is 0 Å². The third kappa shape index (κ3) is 3.56. The molecule has 132 valence electrons. The van der Waals surface area contributed by atoms with Gasteiger partial charge in [0.15, 0.2) is 0 Å². The smallest absolute Gasteiger partial charge is 0.254 e. The summed E-state index contributed by atoms with van der Waals surface area (Å²) >= 11 is 0. The molecule has 0 aliphatic carbocycles. The molecule has 0 saturated carbocycles. The van der Waals surface area contributed by atoms with E-state index in [1.54, 1.807) is 24.5 Å². The number of rotatable bonds is 5. The Morgan fingerprint density at radius 3 is 2.77 bits per heavy atom. The van der Waals surface area contributed by atoms with Crippen molar-refractivity contribution < 1.29 is 9.53 Å². The van der Waals surface area contributed by atoms with E-state index in [-0.39, 0.29) is 11.9 Å². The molecule has 4 rings (SSSR count). The van der Waals surface area contributed by atoms with Gasteiger partial charge in [0.2, 0.25) is 0 Å². The number of carbonyl (C=O) groups excluding carboxylic acids is 1. The van der Waals surface area contributed by atoms with E-state index in [4.69, 9.17) is 4.74 Å². The summed E-state index contributed by atoms with van der Waals surface area (Å²) in [7, 11) is 0. The van der Waals surface area contributed by atoms with Crippen LogP contribution in [-0.2, 0) is 6.61 Å². The SMILES string of the molecule is O=C(c1ccncc1)N1CCC(n2cc(COc3ccccc3)nn2)C1. The molecule has 0 radical (unpaired) electrons. The number of amides is 1. The molecule has 1 fully saturated rings. The maximum absolute atomic E-state index is 12.5. The summed E-state index contributed by atoms with van der Waals surface area (Å²) in [5.74, 6) is 0.833. The number of ether oxygens (including phenoxy) is 1. The van der Waals surface area contributed by atoms with E-state index in [1.807, 2.05) is 46.1 Å². The lowest BCUT2D eigenvalue weighted by Crippen LogP contribution is -2.29. The van der Waals surface area contributed by atoms with Crippen LogP contribution < -0.4 is 4.74 Å². The minimum Gasteiger partial charge on any atom is -0.487 e. The van der Waals surface area contributed by atoms with Gasteiger partial charge >= 0.3 is 0 Å². The Morgan fingerprint density at radius 2 is 1.96 bits per heavy atom. The van der Waals surface area contributed by atoms with Crippen LogP contribution in [0, 0.1) is 0 Å². The number of aromatic nitrogens is 4. The van der Waals surface area contributed by atoms with Gasteiger partial charge in [-0.1, -0.05) is 23.4 Å². The summed E-state index contributed by atoms with van der Waals surface area (Å²) in [6.45, 7) is 1.71. The van der Waals surface area contributed by atoms with Crippen LogP contribution in [-0.4, -0.2) is 43.9 Å². The summed E-state index contributed by atoms with van der Waals surface area (Å²) in [4.78, 5) is 18.3. The van der Waals surface area contributed by atoms with Crippen molar-refractivity contribution in [2.75, 3.05) is 13.1 Å². The quantitative estimate of drug-likeness (QED) is 0.707. The standard InChI is InChI=1S/C19H19N5O2/c25-19(15-6-9-20-10-7-15)23-11-8-17(13-23)24-12-16(21-22-24)14-26-18-4-2-1-3-5-18/h1-7,9-10,12,17H,8,11,13-14H2. The molecule has 1 unspecified atom stereocenters. The number of para-hydroxylation sites is 1. The van der Waals surface area contributed by atoms with Gasteiger partial charge in [-0.15, -0.1) is 5.10 Å². The van der Waals surface area contributed by atoms with Gasteiger partial charge in [0.25, 0.3) is 5.91 Å². The van der Waals surface area contributed by atoms with Crippen LogP contribution in [0.4, 0.5) is 0 Å². The molecule has 1 aliphatic heterocycles. The summed E-state index contributed by atoms with van der Waals surface area (Å²) < 4.78 is 7.54. The molecule has 3 aromatic rings. The number of hydrogen-bond donors (Lipinski definition) is 0. The predicted molar refractivity (Wildman–Crippen MR) is 94.6 cm³/mol. The monoisotopic (exact) mass is 349 g/mol. The highest BCUT2D eigenvalue weighted by atomic mass is 16.5. The molecule has 7 heteroatoms. The van der Waals surface area contributed by atoms with E-state index < -0.39 is 0 Å². The van der Waals surface area contributed by atoms with Gasteiger partial charge in [0.05, 0.1) is 12.2 Å². The van der Waals surface area contributed by atoms with Gasteiger partial charge in [0.1, 0.15) is 18.1 Å². The molecule has 0 spiro atoms. The third-order valence-electron chi connectivity index (χ3n) is 4.44. The summed E-state index contributed by atoms with van der Waals surface area (Å²) in [5, 5.41) is 8.40. The van der Waals surface area contributed by atoms with Crippen molar-refractivity contribution in [3.05, 3.63) is 72.3 Å². The summed E-state index contributed by atoms with van der Waals surface area (Å²) in [6, 6.07) is 13.2. The Labute approximate surface area is 151 Å². The molecule has 26 heavy (non-hydrogen) atoms. The molecule has 1 aliphatic rings. The molecule has 1 saturated heterocycles. The first kappa shape index (κ1) is 16.3. The Morgan fingerprint density at radius 1 is 1.15 bits per heavy atom. The fraction of sp³-hybridized carbons (Fsp3) is 0.263. The van der Waals surface area contributed by atoms with Gasteiger partial charge in [-0.05, 0) is 30.7 Å². The molecule has 1 aromatic carbocycles. The topological polar surface area (TPSA) is 73.1 Å². The minimum atomic E-state index is 0.0302. The van der Waals surface area contributed by atoms with Crippen molar-refractivity contribution in [3.8, 4) is 5.75 Å². The predicted octanol–water partition coefficient (Wildman–Crippen LogP) is 2.34. The first-order chi connectivity index (χ1) is 12.8. The maximum atomic E-state index is 12.5. The van der Waals surface area contributed by atoms with Crippen molar-refractivity contribution in [1.29, 1.82) is 0 Å². The second-order valence-electron chi connectivity index (χ2n) is 6.22. The third-order valence-corrected chi connectivity index (χ3v) is 4.44. The van der Waals surface area contributed by atoms with Crippen LogP contribution in [0.25, 0.3) is 0 Å². The molecule has 1 atom stereocenters. The number of pyridine rings is 1. The molecule has 0 N–H and O–H groups in total. The summed E-state index contributed by atoms with van der Waals surface area (Å²) in [6.07, 6.45) is 6.03. The second kappa shape index (κ2) is 7.35. The number of likely N-dealkylation sites (tertiary alicyclic amines) is 1. The highest BCUT2D eigenvalue weighted by molar-refractivity contribution is 5.94. The molecule has 0 bridgehead atoms. The van der Waals surface area contributed by atoms with Gasteiger partial charge in [-0.25, -0.2) is 4.68 Å². The first-order valence-corrected chi connectivity index (χ1v) is 8.57. The fourth-order valence-electron chi connectivity index (χ4n) is 3.05. The van der Waals surface area contributed by atoms with E-state index in [2.05, 4.69) is 15.3 Å². The van der Waals surface area contributed by atoms with Crippen molar-refractivity contribution in [1.82, 2.24) is 24.9 Å². The fourth-order valence-corrected chi connectivity index (χ4v) is 3.05. The average molecular weight is 349 g/mol. The first-order valence-electron chi connectivity index (χ1n) is 8.57. The lowest BCUT2D eigenvalue weighted by molar-refractivity contribution is 0.0787. The molecule has 7 nitrogen and oxygen atoms in total. The van der Waals surface area contributed by atoms with E-state index in [0.29, 0.717) is 25.3 Å². The zero-order valence-electron chi connectivity index (χ0n) is 14.2. The maximum Gasteiger partial charge on any atom is 0.254 e. The average Bonchev–Trinajstić information content (AvgIpc) is 3.37. The Hall–Kier alpha value is -3.22. The molecule has 1 amide bonds. The van der Waals surface area contributed by atoms with Crippen molar-refractivity contribution in [2.24, 2.45) is 0 Å². The molecular weight excluding hydrogens is 330 g/mol. The lowest BCUT2D eigenvalue weighted by Gasteiger charge is -2.16.